The quantitative estimate of drug-likeness (QED) is 0.904. The van der Waals surface area contributed by atoms with Gasteiger partial charge in [0, 0.05) is 37.3 Å². The Balaban J connectivity index is 1.98. The number of anilines is 1. The molecular weight excluding hydrogens is 296 g/mol. The van der Waals surface area contributed by atoms with E-state index in [-0.39, 0.29) is 17.5 Å². The minimum atomic E-state index is -0.314. The van der Waals surface area contributed by atoms with E-state index in [1.807, 2.05) is 20.8 Å². The van der Waals surface area contributed by atoms with E-state index in [0.29, 0.717) is 12.2 Å². The van der Waals surface area contributed by atoms with Crippen molar-refractivity contribution in [2.75, 3.05) is 11.9 Å². The van der Waals surface area contributed by atoms with E-state index in [4.69, 9.17) is 4.52 Å². The van der Waals surface area contributed by atoms with Crippen molar-refractivity contribution in [1.29, 1.82) is 0 Å². The molecule has 2 heterocycles. The van der Waals surface area contributed by atoms with Gasteiger partial charge in [-0.05, 0) is 26.3 Å². The summed E-state index contributed by atoms with van der Waals surface area (Å²) >= 11 is 0. The summed E-state index contributed by atoms with van der Waals surface area (Å²) in [5, 5.41) is 9.51. The summed E-state index contributed by atoms with van der Waals surface area (Å²) in [6.07, 6.45) is 1.61. The average Bonchev–Trinajstić information content (AvgIpc) is 2.81. The lowest BCUT2D eigenvalue weighted by atomic mass is 10.00. The smallest absolute Gasteiger partial charge is 0.319 e. The molecule has 2 N–H and O–H groups in total. The van der Waals surface area contributed by atoms with E-state index in [0.717, 1.165) is 22.6 Å². The van der Waals surface area contributed by atoms with Crippen molar-refractivity contribution >= 4 is 11.7 Å². The minimum absolute atomic E-state index is 0.0909. The Bertz CT molecular complexity index is 757. The largest absolute Gasteiger partial charge is 0.361 e. The highest BCUT2D eigenvalue weighted by Gasteiger charge is 2.17. The zero-order chi connectivity index (χ0) is 17.1. The first-order chi connectivity index (χ1) is 10.8. The molecule has 23 heavy (non-hydrogen) atoms. The Morgan fingerprint density at radius 1 is 1.39 bits per heavy atom. The van der Waals surface area contributed by atoms with Gasteiger partial charge < -0.3 is 19.7 Å². The SMILES string of the molecule is Cc1cc(=O)n(C)cc1NC(=O)NC[C@H](C)c1c(C)noc1C. The Hall–Kier alpha value is -2.57. The molecule has 0 unspecified atom stereocenters. The Morgan fingerprint density at radius 2 is 2.09 bits per heavy atom. The molecule has 0 aromatic carbocycles. The van der Waals surface area contributed by atoms with Crippen LogP contribution in [0, 0.1) is 20.8 Å². The Labute approximate surface area is 134 Å². The van der Waals surface area contributed by atoms with Crippen LogP contribution >= 0.6 is 0 Å². The van der Waals surface area contributed by atoms with Gasteiger partial charge in [0.2, 0.25) is 0 Å². The molecule has 0 bridgehead atoms. The summed E-state index contributed by atoms with van der Waals surface area (Å²) in [4.78, 5) is 23.6. The topological polar surface area (TPSA) is 89.2 Å². The van der Waals surface area contributed by atoms with Crippen LogP contribution in [0.4, 0.5) is 10.5 Å². The van der Waals surface area contributed by atoms with Crippen LogP contribution in [0.1, 0.15) is 35.4 Å². The Kier molecular flexibility index (Phi) is 4.88. The van der Waals surface area contributed by atoms with E-state index >= 15 is 0 Å². The Morgan fingerprint density at radius 3 is 2.70 bits per heavy atom. The molecule has 2 amide bonds. The maximum absolute atomic E-state index is 12.1. The highest BCUT2D eigenvalue weighted by Crippen LogP contribution is 2.22. The molecule has 124 valence electrons. The number of nitrogens with zero attached hydrogens (tertiary/aromatic N) is 2. The maximum Gasteiger partial charge on any atom is 0.319 e. The van der Waals surface area contributed by atoms with E-state index in [9.17, 15) is 9.59 Å². The highest BCUT2D eigenvalue weighted by molar-refractivity contribution is 5.89. The predicted octanol–water partition coefficient (Wildman–Crippen LogP) is 2.22. The van der Waals surface area contributed by atoms with Gasteiger partial charge in [-0.2, -0.15) is 0 Å². The lowest BCUT2D eigenvalue weighted by Gasteiger charge is -2.14. The van der Waals surface area contributed by atoms with E-state index in [1.165, 1.54) is 10.6 Å². The number of nitrogens with one attached hydrogen (secondary N) is 2. The molecular formula is C16H22N4O3. The number of hydrogen-bond acceptors (Lipinski definition) is 4. The third-order valence-electron chi connectivity index (χ3n) is 3.83. The maximum atomic E-state index is 12.1. The summed E-state index contributed by atoms with van der Waals surface area (Å²) in [6, 6.07) is 1.17. The van der Waals surface area contributed by atoms with Gasteiger partial charge >= 0.3 is 6.03 Å². The number of urea groups is 1. The molecule has 2 rings (SSSR count). The molecule has 1 atom stereocenters. The van der Waals surface area contributed by atoms with Crippen molar-refractivity contribution in [3.8, 4) is 0 Å². The van der Waals surface area contributed by atoms with Gasteiger partial charge in [-0.1, -0.05) is 12.1 Å². The summed E-state index contributed by atoms with van der Waals surface area (Å²) in [6.45, 7) is 7.99. The number of pyridine rings is 1. The first-order valence-corrected chi connectivity index (χ1v) is 7.44. The second-order valence-electron chi connectivity index (χ2n) is 5.79. The monoisotopic (exact) mass is 318 g/mol. The highest BCUT2D eigenvalue weighted by atomic mass is 16.5. The van der Waals surface area contributed by atoms with Crippen molar-refractivity contribution in [1.82, 2.24) is 15.0 Å². The van der Waals surface area contributed by atoms with Gasteiger partial charge in [0.1, 0.15) is 5.76 Å². The second-order valence-corrected chi connectivity index (χ2v) is 5.79. The number of aryl methyl sites for hydroxylation is 4. The molecule has 2 aromatic heterocycles. The third kappa shape index (κ3) is 3.80. The lowest BCUT2D eigenvalue weighted by Crippen LogP contribution is -2.32. The first kappa shape index (κ1) is 16.8. The summed E-state index contributed by atoms with van der Waals surface area (Å²) in [5.74, 6) is 0.860. The summed E-state index contributed by atoms with van der Waals surface area (Å²) in [5.41, 5.74) is 3.08. The molecule has 0 spiro atoms. The molecule has 2 aromatic rings. The molecule has 0 saturated carbocycles. The standard InChI is InChI=1S/C16H22N4O3/c1-9-6-14(21)20(5)8-13(9)18-16(22)17-7-10(2)15-11(3)19-23-12(15)4/h6,8,10H,7H2,1-5H3,(H2,17,18,22)/t10-/m0/s1. The lowest BCUT2D eigenvalue weighted by molar-refractivity contribution is 0.251. The van der Waals surface area contributed by atoms with Crippen LogP contribution in [0.5, 0.6) is 0 Å². The fraction of sp³-hybridized carbons (Fsp3) is 0.438. The van der Waals surface area contributed by atoms with E-state index in [1.54, 1.807) is 20.2 Å². The van der Waals surface area contributed by atoms with Crippen LogP contribution in [0.25, 0.3) is 0 Å². The number of hydrogen-bond donors (Lipinski definition) is 2. The molecule has 0 aliphatic carbocycles. The van der Waals surface area contributed by atoms with Gasteiger partial charge in [-0.15, -0.1) is 0 Å². The zero-order valence-electron chi connectivity index (χ0n) is 14.1. The van der Waals surface area contributed by atoms with Gasteiger partial charge in [-0.25, -0.2) is 4.79 Å². The van der Waals surface area contributed by atoms with Crippen LogP contribution in [0.3, 0.4) is 0 Å². The van der Waals surface area contributed by atoms with Gasteiger partial charge in [0.15, 0.2) is 0 Å². The summed E-state index contributed by atoms with van der Waals surface area (Å²) in [7, 11) is 1.64. The molecule has 0 aliphatic rings. The van der Waals surface area contributed by atoms with Gasteiger partial charge in [0.25, 0.3) is 5.56 Å². The van der Waals surface area contributed by atoms with Gasteiger partial charge in [0.05, 0.1) is 11.4 Å². The van der Waals surface area contributed by atoms with Crippen LogP contribution in [0.15, 0.2) is 21.6 Å². The van der Waals surface area contributed by atoms with Crippen LogP contribution in [-0.2, 0) is 7.05 Å². The van der Waals surface area contributed by atoms with Crippen molar-refractivity contribution < 1.29 is 9.32 Å². The third-order valence-corrected chi connectivity index (χ3v) is 3.83. The van der Waals surface area contributed by atoms with Crippen molar-refractivity contribution in [3.05, 3.63) is 45.2 Å². The number of rotatable bonds is 4. The fourth-order valence-corrected chi connectivity index (χ4v) is 2.56. The normalized spacial score (nSPS) is 12.0. The van der Waals surface area contributed by atoms with E-state index in [2.05, 4.69) is 15.8 Å². The molecule has 0 saturated heterocycles. The number of amides is 2. The van der Waals surface area contributed by atoms with E-state index < -0.39 is 0 Å². The molecule has 0 radical (unpaired) electrons. The van der Waals surface area contributed by atoms with Crippen LogP contribution in [-0.4, -0.2) is 22.3 Å². The second kappa shape index (κ2) is 6.68. The molecule has 0 fully saturated rings. The number of carbonyl (C=O) groups is 1. The van der Waals surface area contributed by atoms with Crippen molar-refractivity contribution in [3.63, 3.8) is 0 Å². The molecule has 7 heteroatoms. The van der Waals surface area contributed by atoms with Gasteiger partial charge in [-0.3, -0.25) is 4.79 Å². The molecule has 0 aliphatic heterocycles. The summed E-state index contributed by atoms with van der Waals surface area (Å²) < 4.78 is 6.57. The average molecular weight is 318 g/mol. The van der Waals surface area contributed by atoms with Crippen LogP contribution < -0.4 is 16.2 Å². The predicted molar refractivity (Wildman–Crippen MR) is 87.8 cm³/mol. The van der Waals surface area contributed by atoms with Crippen molar-refractivity contribution in [2.24, 2.45) is 7.05 Å². The van der Waals surface area contributed by atoms with Crippen molar-refractivity contribution in [2.45, 2.75) is 33.6 Å². The molecule has 7 nitrogen and oxygen atoms in total. The first-order valence-electron chi connectivity index (χ1n) is 7.44. The zero-order valence-corrected chi connectivity index (χ0v) is 14.1. The van der Waals surface area contributed by atoms with Crippen LogP contribution in [0.2, 0.25) is 0 Å². The minimum Gasteiger partial charge on any atom is -0.361 e. The number of carbonyl (C=O) groups excluding carboxylic acids is 1. The number of aromatic nitrogens is 2. The fourth-order valence-electron chi connectivity index (χ4n) is 2.56.